The van der Waals surface area contributed by atoms with E-state index in [4.69, 9.17) is 10.4 Å². The van der Waals surface area contributed by atoms with Gasteiger partial charge in [-0.25, -0.2) is 13.6 Å². The fourth-order valence-electron chi connectivity index (χ4n) is 1.27. The lowest BCUT2D eigenvalue weighted by Crippen LogP contribution is -2.30. The summed E-state index contributed by atoms with van der Waals surface area (Å²) in [6, 6.07) is 3.31. The van der Waals surface area contributed by atoms with Crippen LogP contribution in [0.15, 0.2) is 12.1 Å². The van der Waals surface area contributed by atoms with E-state index in [0.717, 1.165) is 12.1 Å². The highest BCUT2D eigenvalue weighted by Gasteiger charge is 2.18. The molecule has 0 heterocycles. The molecule has 1 atom stereocenters. The summed E-state index contributed by atoms with van der Waals surface area (Å²) in [5.41, 5.74) is -0.644. The number of halogens is 2. The third-order valence-electron chi connectivity index (χ3n) is 2.20. The van der Waals surface area contributed by atoms with E-state index in [-0.39, 0.29) is 12.1 Å². The van der Waals surface area contributed by atoms with Gasteiger partial charge in [-0.15, -0.1) is 0 Å². The molecule has 1 aromatic rings. The largest absolute Gasteiger partial charge is 0.479 e. The smallest absolute Gasteiger partial charge is 0.334 e. The molecule has 0 saturated heterocycles. The maximum absolute atomic E-state index is 13.4. The van der Waals surface area contributed by atoms with Gasteiger partial charge in [0.1, 0.15) is 5.69 Å². The van der Waals surface area contributed by atoms with Crippen molar-refractivity contribution in [1.82, 2.24) is 0 Å². The van der Waals surface area contributed by atoms with Gasteiger partial charge in [0.25, 0.3) is 0 Å². The fraction of sp³-hybridized carbons (Fsp3) is 0.273. The van der Waals surface area contributed by atoms with E-state index < -0.39 is 29.4 Å². The Morgan fingerprint density at radius 2 is 2.11 bits per heavy atom. The van der Waals surface area contributed by atoms with Gasteiger partial charge in [0, 0.05) is 7.11 Å². The lowest BCUT2D eigenvalue weighted by atomic mass is 10.2. The summed E-state index contributed by atoms with van der Waals surface area (Å²) in [5.74, 6) is -3.18. The number of methoxy groups -OCH3 is 1. The predicted molar refractivity (Wildman–Crippen MR) is 58.0 cm³/mol. The number of carboxylic acids is 1. The number of rotatable bonds is 5. The van der Waals surface area contributed by atoms with Crippen LogP contribution in [0.2, 0.25) is 0 Å². The number of nitriles is 1. The number of nitrogens with one attached hydrogen (secondary N) is 1. The monoisotopic (exact) mass is 256 g/mol. The number of benzene rings is 1. The zero-order valence-corrected chi connectivity index (χ0v) is 9.41. The van der Waals surface area contributed by atoms with Crippen molar-refractivity contribution in [3.63, 3.8) is 0 Å². The number of hydrogen-bond acceptors (Lipinski definition) is 4. The number of nitrogens with zero attached hydrogens (tertiary/aromatic N) is 1. The van der Waals surface area contributed by atoms with Gasteiger partial charge in [-0.2, -0.15) is 5.26 Å². The molecule has 18 heavy (non-hydrogen) atoms. The lowest BCUT2D eigenvalue weighted by Gasteiger charge is -2.13. The van der Waals surface area contributed by atoms with Crippen LogP contribution >= 0.6 is 0 Å². The zero-order chi connectivity index (χ0) is 13.7. The molecule has 7 heteroatoms. The van der Waals surface area contributed by atoms with Crippen LogP contribution in [-0.4, -0.2) is 30.8 Å². The third kappa shape index (κ3) is 3.15. The summed E-state index contributed by atoms with van der Waals surface area (Å²) in [6.07, 6.45) is -1.22. The summed E-state index contributed by atoms with van der Waals surface area (Å²) in [6.45, 7) is -0.300. The van der Waals surface area contributed by atoms with Crippen molar-refractivity contribution in [2.45, 2.75) is 6.10 Å². The molecule has 0 aliphatic rings. The molecule has 0 aromatic heterocycles. The molecule has 0 radical (unpaired) electrons. The highest BCUT2D eigenvalue weighted by Crippen LogP contribution is 2.20. The summed E-state index contributed by atoms with van der Waals surface area (Å²) in [5, 5.41) is 19.5. The second kappa shape index (κ2) is 5.93. The van der Waals surface area contributed by atoms with Gasteiger partial charge in [0.2, 0.25) is 0 Å². The standard InChI is InChI=1S/C11H10F2N2O3/c1-18-9(11(16)17)5-15-10-7(12)2-6(4-14)3-8(10)13/h2-3,9,15H,5H2,1H3,(H,16,17). The van der Waals surface area contributed by atoms with E-state index >= 15 is 0 Å². The number of hydrogen-bond donors (Lipinski definition) is 2. The highest BCUT2D eigenvalue weighted by molar-refractivity contribution is 5.73. The molecule has 2 N–H and O–H groups in total. The fourth-order valence-corrected chi connectivity index (χ4v) is 1.27. The number of carboxylic acid groups (broad SMARTS) is 1. The molecule has 1 unspecified atom stereocenters. The molecular formula is C11H10F2N2O3. The van der Waals surface area contributed by atoms with Gasteiger partial charge in [0.05, 0.1) is 18.2 Å². The lowest BCUT2D eigenvalue weighted by molar-refractivity contribution is -0.147. The third-order valence-corrected chi connectivity index (χ3v) is 2.20. The first-order valence-corrected chi connectivity index (χ1v) is 4.88. The summed E-state index contributed by atoms with van der Waals surface area (Å²) in [7, 11) is 1.17. The molecular weight excluding hydrogens is 246 g/mol. The number of anilines is 1. The first-order valence-electron chi connectivity index (χ1n) is 4.88. The maximum Gasteiger partial charge on any atom is 0.334 e. The van der Waals surface area contributed by atoms with E-state index in [1.807, 2.05) is 0 Å². The molecule has 0 aliphatic heterocycles. The molecule has 96 valence electrons. The second-order valence-electron chi connectivity index (χ2n) is 3.37. The zero-order valence-electron chi connectivity index (χ0n) is 9.41. The van der Waals surface area contributed by atoms with E-state index in [1.165, 1.54) is 7.11 Å². The van der Waals surface area contributed by atoms with Gasteiger partial charge in [-0.3, -0.25) is 0 Å². The topological polar surface area (TPSA) is 82.3 Å². The molecule has 0 saturated carbocycles. The Labute approximate surface area is 102 Å². The predicted octanol–water partition coefficient (Wildman–Crippen LogP) is 1.35. The number of ether oxygens (including phenoxy) is 1. The van der Waals surface area contributed by atoms with Crippen molar-refractivity contribution in [1.29, 1.82) is 5.26 Å². The van der Waals surface area contributed by atoms with Crippen molar-refractivity contribution in [3.8, 4) is 6.07 Å². The van der Waals surface area contributed by atoms with Gasteiger partial charge < -0.3 is 15.2 Å². The Hall–Kier alpha value is -2.20. The Kier molecular flexibility index (Phi) is 4.57. The van der Waals surface area contributed by atoms with Crippen molar-refractivity contribution >= 4 is 11.7 Å². The minimum Gasteiger partial charge on any atom is -0.479 e. The molecule has 5 nitrogen and oxygen atoms in total. The molecule has 0 bridgehead atoms. The SMILES string of the molecule is COC(CNc1c(F)cc(C#N)cc1F)C(=O)O. The number of carbonyl (C=O) groups is 1. The molecule has 1 aromatic carbocycles. The average molecular weight is 256 g/mol. The van der Waals surface area contributed by atoms with Crippen molar-refractivity contribution in [2.75, 3.05) is 19.0 Å². The van der Waals surface area contributed by atoms with Gasteiger partial charge in [-0.05, 0) is 12.1 Å². The normalized spacial score (nSPS) is 11.7. The van der Waals surface area contributed by atoms with Crippen LogP contribution in [0, 0.1) is 23.0 Å². The molecule has 0 aliphatic carbocycles. The van der Waals surface area contributed by atoms with Crippen LogP contribution in [0.25, 0.3) is 0 Å². The van der Waals surface area contributed by atoms with Crippen LogP contribution < -0.4 is 5.32 Å². The minimum absolute atomic E-state index is 0.155. The van der Waals surface area contributed by atoms with Crippen LogP contribution in [0.1, 0.15) is 5.56 Å². The first kappa shape index (κ1) is 13.9. The molecule has 0 spiro atoms. The summed E-state index contributed by atoms with van der Waals surface area (Å²) in [4.78, 5) is 10.6. The number of aliphatic carboxylic acids is 1. The average Bonchev–Trinajstić information content (AvgIpc) is 2.32. The van der Waals surface area contributed by atoms with Crippen LogP contribution in [0.5, 0.6) is 0 Å². The van der Waals surface area contributed by atoms with E-state index in [9.17, 15) is 13.6 Å². The summed E-state index contributed by atoms with van der Waals surface area (Å²) >= 11 is 0. The maximum atomic E-state index is 13.4. The van der Waals surface area contributed by atoms with Crippen LogP contribution in [-0.2, 0) is 9.53 Å². The Morgan fingerprint density at radius 1 is 1.56 bits per heavy atom. The van der Waals surface area contributed by atoms with Gasteiger partial charge in [-0.1, -0.05) is 0 Å². The molecule has 0 amide bonds. The van der Waals surface area contributed by atoms with E-state index in [1.54, 1.807) is 6.07 Å². The Morgan fingerprint density at radius 3 is 2.50 bits per heavy atom. The van der Waals surface area contributed by atoms with Crippen molar-refractivity contribution in [2.24, 2.45) is 0 Å². The molecule has 1 rings (SSSR count). The Balaban J connectivity index is 2.86. The first-order chi connectivity index (χ1) is 8.49. The summed E-state index contributed by atoms with van der Waals surface area (Å²) < 4.78 is 31.4. The highest BCUT2D eigenvalue weighted by atomic mass is 19.1. The van der Waals surface area contributed by atoms with Crippen LogP contribution in [0.4, 0.5) is 14.5 Å². The van der Waals surface area contributed by atoms with E-state index in [2.05, 4.69) is 10.1 Å². The van der Waals surface area contributed by atoms with E-state index in [0.29, 0.717) is 0 Å². The van der Waals surface area contributed by atoms with Gasteiger partial charge in [0.15, 0.2) is 17.7 Å². The minimum atomic E-state index is -1.25. The Bertz CT molecular complexity index is 477. The van der Waals surface area contributed by atoms with Crippen LogP contribution in [0.3, 0.4) is 0 Å². The van der Waals surface area contributed by atoms with Crippen molar-refractivity contribution < 1.29 is 23.4 Å². The quantitative estimate of drug-likeness (QED) is 0.830. The molecule has 0 fully saturated rings. The van der Waals surface area contributed by atoms with Gasteiger partial charge >= 0.3 is 5.97 Å². The second-order valence-corrected chi connectivity index (χ2v) is 3.37. The van der Waals surface area contributed by atoms with Crippen molar-refractivity contribution in [3.05, 3.63) is 29.3 Å².